The maximum Gasteiger partial charge on any atom is 0.195 e. The number of hydrogen-bond donors (Lipinski definition) is 0. The van der Waals surface area contributed by atoms with Crippen molar-refractivity contribution in [2.24, 2.45) is 0 Å². The Morgan fingerprint density at radius 2 is 1.76 bits per heavy atom. The van der Waals surface area contributed by atoms with Crippen molar-refractivity contribution in [2.75, 3.05) is 19.5 Å². The van der Waals surface area contributed by atoms with Gasteiger partial charge in [-0.1, -0.05) is 12.1 Å². The zero-order valence-corrected chi connectivity index (χ0v) is 13.8. The zero-order chi connectivity index (χ0) is 14.8. The Balaban J connectivity index is 2.05. The molecule has 108 valence electrons. The Morgan fingerprint density at radius 1 is 1.10 bits per heavy atom. The van der Waals surface area contributed by atoms with Crippen molar-refractivity contribution in [3.8, 4) is 11.5 Å². The number of carbonyl (C=O) groups excluding carboxylic acids is 1. The van der Waals surface area contributed by atoms with Crippen molar-refractivity contribution in [2.45, 2.75) is 4.90 Å². The molecule has 0 saturated heterocycles. The monoisotopic (exact) mass is 364 g/mol. The van der Waals surface area contributed by atoms with Crippen LogP contribution >= 0.6 is 27.7 Å². The number of halogens is 1. The molecule has 0 radical (unpaired) electrons. The van der Waals surface area contributed by atoms with Crippen LogP contribution in [0.3, 0.4) is 0 Å². The van der Waals surface area contributed by atoms with Crippen LogP contribution in [0.25, 0.3) is 0 Å². The third-order valence-electron chi connectivity index (χ3n) is 3.23. The van der Waals surface area contributed by atoms with E-state index in [9.17, 15) is 4.79 Å². The molecule has 3 nitrogen and oxygen atoms in total. The van der Waals surface area contributed by atoms with Gasteiger partial charge in [0.25, 0.3) is 0 Å². The molecule has 21 heavy (non-hydrogen) atoms. The normalized spacial score (nSPS) is 13.0. The van der Waals surface area contributed by atoms with Gasteiger partial charge in [0.2, 0.25) is 0 Å². The topological polar surface area (TPSA) is 35.5 Å². The van der Waals surface area contributed by atoms with Crippen LogP contribution < -0.4 is 9.47 Å². The summed E-state index contributed by atoms with van der Waals surface area (Å²) in [5.74, 6) is 1.26. The van der Waals surface area contributed by atoms with Crippen LogP contribution in [0.2, 0.25) is 0 Å². The summed E-state index contributed by atoms with van der Waals surface area (Å²) in [6, 6.07) is 11.1. The van der Waals surface area contributed by atoms with E-state index in [1.165, 1.54) is 0 Å². The first kappa shape index (κ1) is 14.5. The van der Waals surface area contributed by atoms with Crippen molar-refractivity contribution in [1.82, 2.24) is 0 Å². The second-order valence-corrected chi connectivity index (χ2v) is 6.21. The molecule has 0 amide bonds. The highest BCUT2D eigenvalue weighted by Crippen LogP contribution is 2.37. The van der Waals surface area contributed by atoms with Crippen LogP contribution in [0.4, 0.5) is 0 Å². The lowest BCUT2D eigenvalue weighted by atomic mass is 10.0. The van der Waals surface area contributed by atoms with Crippen molar-refractivity contribution >= 4 is 33.5 Å². The molecule has 3 rings (SSSR count). The van der Waals surface area contributed by atoms with E-state index < -0.39 is 0 Å². The minimum atomic E-state index is -0.0243. The quantitative estimate of drug-likeness (QED) is 0.604. The Labute approximate surface area is 135 Å². The van der Waals surface area contributed by atoms with Gasteiger partial charge in [-0.25, -0.2) is 0 Å². The molecule has 0 N–H and O–H groups in total. The van der Waals surface area contributed by atoms with Crippen LogP contribution in [0.15, 0.2) is 45.8 Å². The number of hydrogen-bond acceptors (Lipinski definition) is 4. The first-order valence-electron chi connectivity index (χ1n) is 6.47. The van der Waals surface area contributed by atoms with E-state index in [0.717, 1.165) is 4.90 Å². The molecule has 0 bridgehead atoms. The number of carbonyl (C=O) groups is 1. The SMILES string of the molecule is CSc1ccccc1C(=O)c1cc2c(cc1Br)OCCO2. The van der Waals surface area contributed by atoms with Gasteiger partial charge in [-0.05, 0) is 46.5 Å². The molecule has 0 unspecified atom stereocenters. The van der Waals surface area contributed by atoms with Gasteiger partial charge >= 0.3 is 0 Å². The molecule has 0 atom stereocenters. The molecule has 0 aliphatic carbocycles. The Morgan fingerprint density at radius 3 is 2.48 bits per heavy atom. The Kier molecular flexibility index (Phi) is 4.22. The summed E-state index contributed by atoms with van der Waals surface area (Å²) in [5, 5.41) is 0. The molecule has 1 aliphatic rings. The molecule has 1 heterocycles. The Bertz CT molecular complexity index is 700. The van der Waals surface area contributed by atoms with E-state index in [0.29, 0.717) is 40.3 Å². The number of ether oxygens (including phenoxy) is 2. The van der Waals surface area contributed by atoms with Crippen LogP contribution in [0.1, 0.15) is 15.9 Å². The highest BCUT2D eigenvalue weighted by atomic mass is 79.9. The third-order valence-corrected chi connectivity index (χ3v) is 4.68. The van der Waals surface area contributed by atoms with Gasteiger partial charge in [-0.2, -0.15) is 0 Å². The van der Waals surface area contributed by atoms with Crippen LogP contribution in [-0.4, -0.2) is 25.3 Å². The van der Waals surface area contributed by atoms with Gasteiger partial charge in [0.1, 0.15) is 13.2 Å². The second-order valence-electron chi connectivity index (χ2n) is 4.51. The van der Waals surface area contributed by atoms with Gasteiger partial charge < -0.3 is 9.47 Å². The van der Waals surface area contributed by atoms with Gasteiger partial charge in [0.15, 0.2) is 17.3 Å². The highest BCUT2D eigenvalue weighted by molar-refractivity contribution is 9.10. The van der Waals surface area contributed by atoms with Crippen LogP contribution in [0.5, 0.6) is 11.5 Å². The summed E-state index contributed by atoms with van der Waals surface area (Å²) < 4.78 is 11.8. The average Bonchev–Trinajstić information content (AvgIpc) is 2.53. The summed E-state index contributed by atoms with van der Waals surface area (Å²) >= 11 is 5.02. The predicted molar refractivity (Wildman–Crippen MR) is 86.8 cm³/mol. The molecule has 2 aromatic carbocycles. The third kappa shape index (κ3) is 2.80. The second kappa shape index (κ2) is 6.12. The maximum atomic E-state index is 12.8. The zero-order valence-electron chi connectivity index (χ0n) is 11.4. The molecule has 1 aliphatic heterocycles. The van der Waals surface area contributed by atoms with Crippen molar-refractivity contribution in [3.63, 3.8) is 0 Å². The fourth-order valence-electron chi connectivity index (χ4n) is 2.22. The summed E-state index contributed by atoms with van der Waals surface area (Å²) in [7, 11) is 0. The van der Waals surface area contributed by atoms with Gasteiger partial charge in [-0.15, -0.1) is 11.8 Å². The van der Waals surface area contributed by atoms with E-state index in [2.05, 4.69) is 15.9 Å². The number of ketones is 1. The fourth-order valence-corrected chi connectivity index (χ4v) is 3.31. The first-order chi connectivity index (χ1) is 10.2. The summed E-state index contributed by atoms with van der Waals surface area (Å²) in [5.41, 5.74) is 1.28. The summed E-state index contributed by atoms with van der Waals surface area (Å²) in [4.78, 5) is 13.8. The summed E-state index contributed by atoms with van der Waals surface area (Å²) in [6.45, 7) is 1.03. The largest absolute Gasteiger partial charge is 0.486 e. The first-order valence-corrected chi connectivity index (χ1v) is 8.49. The summed E-state index contributed by atoms with van der Waals surface area (Å²) in [6.07, 6.45) is 1.96. The van der Waals surface area contributed by atoms with E-state index in [1.54, 1.807) is 23.9 Å². The molecule has 0 spiro atoms. The molecular weight excluding hydrogens is 352 g/mol. The fraction of sp³-hybridized carbons (Fsp3) is 0.188. The standard InChI is InChI=1S/C16H13BrO3S/c1-21-15-5-3-2-4-10(15)16(18)11-8-13-14(9-12(11)17)20-7-6-19-13/h2-5,8-9H,6-7H2,1H3. The van der Waals surface area contributed by atoms with E-state index in [-0.39, 0.29) is 5.78 Å². The van der Waals surface area contributed by atoms with Crippen molar-refractivity contribution in [3.05, 3.63) is 52.0 Å². The van der Waals surface area contributed by atoms with Gasteiger partial charge in [0.05, 0.1) is 0 Å². The number of thioether (sulfide) groups is 1. The van der Waals surface area contributed by atoms with Crippen LogP contribution in [0, 0.1) is 0 Å². The average molecular weight is 365 g/mol. The lowest BCUT2D eigenvalue weighted by Gasteiger charge is -2.19. The molecular formula is C16H13BrO3S. The van der Waals surface area contributed by atoms with E-state index in [4.69, 9.17) is 9.47 Å². The lowest BCUT2D eigenvalue weighted by molar-refractivity contribution is 0.103. The smallest absolute Gasteiger partial charge is 0.195 e. The molecule has 0 aromatic heterocycles. The minimum Gasteiger partial charge on any atom is -0.486 e. The van der Waals surface area contributed by atoms with Crippen molar-refractivity contribution < 1.29 is 14.3 Å². The molecule has 2 aromatic rings. The molecule has 5 heteroatoms. The lowest BCUT2D eigenvalue weighted by Crippen LogP contribution is -2.16. The minimum absolute atomic E-state index is 0.0243. The number of benzene rings is 2. The van der Waals surface area contributed by atoms with Crippen molar-refractivity contribution in [1.29, 1.82) is 0 Å². The van der Waals surface area contributed by atoms with Crippen LogP contribution in [-0.2, 0) is 0 Å². The number of rotatable bonds is 3. The van der Waals surface area contributed by atoms with E-state index in [1.807, 2.05) is 30.5 Å². The highest BCUT2D eigenvalue weighted by Gasteiger charge is 2.21. The molecule has 0 fully saturated rings. The predicted octanol–water partition coefficient (Wildman–Crippen LogP) is 4.17. The van der Waals surface area contributed by atoms with Gasteiger partial charge in [-0.3, -0.25) is 4.79 Å². The maximum absolute atomic E-state index is 12.8. The van der Waals surface area contributed by atoms with Gasteiger partial charge in [0, 0.05) is 20.5 Å². The number of fused-ring (bicyclic) bond motifs is 1. The molecule has 0 saturated carbocycles. The Hall–Kier alpha value is -1.46. The van der Waals surface area contributed by atoms with E-state index >= 15 is 0 Å².